The van der Waals surface area contributed by atoms with Gasteiger partial charge in [-0.1, -0.05) is 30.3 Å². The molecule has 0 aliphatic rings. The Bertz CT molecular complexity index is 691. The fourth-order valence-electron chi connectivity index (χ4n) is 1.61. The molecule has 0 radical (unpaired) electrons. The fourth-order valence-corrected chi connectivity index (χ4v) is 1.61. The predicted molar refractivity (Wildman–Crippen MR) is 70.3 cm³/mol. The fraction of sp³-hybridized carbons (Fsp3) is 0.0909. The molecule has 0 atom stereocenters. The third-order valence-electron chi connectivity index (χ3n) is 2.58. The Balaban J connectivity index is 2.32. The SMILES string of the molecule is O=[N+]([O-])c1cc([N+](=O)[O-])[n+]([O-])nc1NCc1ccccc1. The Morgan fingerprint density at radius 2 is 1.81 bits per heavy atom. The maximum atomic E-state index is 11.4. The van der Waals surface area contributed by atoms with Crippen LogP contribution in [0.25, 0.3) is 0 Å². The van der Waals surface area contributed by atoms with Crippen molar-refractivity contribution in [1.29, 1.82) is 0 Å². The van der Waals surface area contributed by atoms with Crippen LogP contribution in [-0.2, 0) is 6.54 Å². The van der Waals surface area contributed by atoms with E-state index < -0.39 is 21.4 Å². The van der Waals surface area contributed by atoms with Gasteiger partial charge in [0.2, 0.25) is 0 Å². The highest BCUT2D eigenvalue weighted by molar-refractivity contribution is 5.56. The first kappa shape index (κ1) is 14.1. The Morgan fingerprint density at radius 3 is 2.38 bits per heavy atom. The summed E-state index contributed by atoms with van der Waals surface area (Å²) in [7, 11) is 0. The lowest BCUT2D eigenvalue weighted by Crippen LogP contribution is -2.35. The Kier molecular flexibility index (Phi) is 3.88. The predicted octanol–water partition coefficient (Wildman–Crippen LogP) is 1.14. The van der Waals surface area contributed by atoms with Crippen LogP contribution in [0.1, 0.15) is 5.56 Å². The van der Waals surface area contributed by atoms with Gasteiger partial charge in [0.1, 0.15) is 4.92 Å². The third-order valence-corrected chi connectivity index (χ3v) is 2.58. The van der Waals surface area contributed by atoms with E-state index in [2.05, 4.69) is 10.4 Å². The highest BCUT2D eigenvalue weighted by atomic mass is 16.6. The normalized spacial score (nSPS) is 10.1. The van der Waals surface area contributed by atoms with Crippen molar-refractivity contribution < 1.29 is 14.7 Å². The van der Waals surface area contributed by atoms with Crippen LogP contribution >= 0.6 is 0 Å². The highest BCUT2D eigenvalue weighted by Crippen LogP contribution is 2.23. The van der Waals surface area contributed by atoms with Gasteiger partial charge in [0, 0.05) is 16.5 Å². The summed E-state index contributed by atoms with van der Waals surface area (Å²) in [6.45, 7) is 0.187. The van der Waals surface area contributed by atoms with Crippen molar-refractivity contribution in [3.63, 3.8) is 0 Å². The molecule has 108 valence electrons. The van der Waals surface area contributed by atoms with Gasteiger partial charge in [-0.25, -0.2) is 0 Å². The van der Waals surface area contributed by atoms with E-state index in [-0.39, 0.29) is 17.2 Å². The molecule has 0 fully saturated rings. The van der Waals surface area contributed by atoms with Crippen LogP contribution < -0.4 is 10.2 Å². The lowest BCUT2D eigenvalue weighted by Gasteiger charge is -2.05. The maximum Gasteiger partial charge on any atom is 0.545 e. The molecule has 0 aliphatic carbocycles. The van der Waals surface area contributed by atoms with E-state index in [1.165, 1.54) is 0 Å². The van der Waals surface area contributed by atoms with Gasteiger partial charge in [-0.2, -0.15) is 0 Å². The molecule has 0 spiro atoms. The van der Waals surface area contributed by atoms with Gasteiger partial charge in [0.05, 0.1) is 4.92 Å². The van der Waals surface area contributed by atoms with Crippen molar-refractivity contribution in [2.75, 3.05) is 5.32 Å². The number of nitrogens with one attached hydrogen (secondary N) is 1. The molecule has 10 nitrogen and oxygen atoms in total. The lowest BCUT2D eigenvalue weighted by atomic mass is 10.2. The van der Waals surface area contributed by atoms with Crippen molar-refractivity contribution >= 4 is 17.3 Å². The largest absolute Gasteiger partial charge is 0.589 e. The van der Waals surface area contributed by atoms with Crippen molar-refractivity contribution in [2.45, 2.75) is 6.54 Å². The summed E-state index contributed by atoms with van der Waals surface area (Å²) >= 11 is 0. The van der Waals surface area contributed by atoms with E-state index in [9.17, 15) is 25.4 Å². The van der Waals surface area contributed by atoms with E-state index in [1.807, 2.05) is 6.07 Å². The molecule has 0 amide bonds. The molecule has 0 saturated carbocycles. The van der Waals surface area contributed by atoms with Gasteiger partial charge in [0.15, 0.2) is 6.07 Å². The number of aromatic nitrogens is 2. The molecular formula is C11H9N5O5. The summed E-state index contributed by atoms with van der Waals surface area (Å²) in [6, 6.07) is 9.49. The van der Waals surface area contributed by atoms with Gasteiger partial charge in [-0.3, -0.25) is 20.2 Å². The molecular weight excluding hydrogens is 282 g/mol. The van der Waals surface area contributed by atoms with E-state index in [4.69, 9.17) is 0 Å². The quantitative estimate of drug-likeness (QED) is 0.377. The zero-order valence-electron chi connectivity index (χ0n) is 10.5. The second kappa shape index (κ2) is 5.77. The van der Waals surface area contributed by atoms with Crippen molar-refractivity contribution in [1.82, 2.24) is 5.10 Å². The highest BCUT2D eigenvalue weighted by Gasteiger charge is 2.30. The van der Waals surface area contributed by atoms with E-state index in [0.717, 1.165) is 5.56 Å². The maximum absolute atomic E-state index is 11.4. The Labute approximate surface area is 117 Å². The molecule has 1 aromatic carbocycles. The van der Waals surface area contributed by atoms with Gasteiger partial charge in [-0.15, -0.1) is 0 Å². The number of nitrogens with zero attached hydrogens (tertiary/aromatic N) is 4. The standard InChI is InChI=1S/C11H9N5O5/c17-14-10(16(20)21)6-9(15(18)19)11(13-14)12-7-8-4-2-1-3-5-8/h1-6H,7H2,(H,12,13). The second-order valence-electron chi connectivity index (χ2n) is 3.96. The number of hydrogen-bond donors (Lipinski definition) is 1. The molecule has 1 aromatic heterocycles. The van der Waals surface area contributed by atoms with Crippen molar-refractivity contribution in [3.05, 3.63) is 67.4 Å². The number of hydrogen-bond acceptors (Lipinski definition) is 7. The van der Waals surface area contributed by atoms with Crippen LogP contribution in [0.3, 0.4) is 0 Å². The van der Waals surface area contributed by atoms with Crippen molar-refractivity contribution in [2.24, 2.45) is 0 Å². The van der Waals surface area contributed by atoms with Crippen LogP contribution in [-0.4, -0.2) is 14.9 Å². The summed E-state index contributed by atoms with van der Waals surface area (Å²) < 4.78 is 0. The topological polar surface area (TPSA) is 138 Å². The molecule has 10 heteroatoms. The summed E-state index contributed by atoms with van der Waals surface area (Å²) in [5.41, 5.74) is 0.175. The minimum atomic E-state index is -1.03. The molecule has 0 saturated heterocycles. The molecule has 0 aliphatic heterocycles. The number of rotatable bonds is 5. The minimum absolute atomic E-state index is 0.187. The molecule has 0 unspecified atom stereocenters. The second-order valence-corrected chi connectivity index (χ2v) is 3.96. The lowest BCUT2D eigenvalue weighted by molar-refractivity contribution is -0.713. The zero-order valence-corrected chi connectivity index (χ0v) is 10.5. The number of anilines is 1. The van der Waals surface area contributed by atoms with Crippen molar-refractivity contribution in [3.8, 4) is 0 Å². The van der Waals surface area contributed by atoms with Gasteiger partial charge >= 0.3 is 11.5 Å². The molecule has 0 bridgehead atoms. The van der Waals surface area contributed by atoms with E-state index >= 15 is 0 Å². The smallest absolute Gasteiger partial charge is 0.545 e. The van der Waals surface area contributed by atoms with E-state index in [0.29, 0.717) is 6.07 Å². The number of nitro groups is 2. The van der Waals surface area contributed by atoms with Gasteiger partial charge < -0.3 is 10.5 Å². The summed E-state index contributed by atoms with van der Waals surface area (Å²) in [6.07, 6.45) is 0. The summed E-state index contributed by atoms with van der Waals surface area (Å²) in [4.78, 5) is 19.4. The Hall–Kier alpha value is -3.30. The zero-order chi connectivity index (χ0) is 15.4. The third kappa shape index (κ3) is 3.18. The summed E-state index contributed by atoms with van der Waals surface area (Å²) in [5.74, 6) is -1.34. The molecule has 1 N–H and O–H groups in total. The van der Waals surface area contributed by atoms with Gasteiger partial charge in [0.25, 0.3) is 5.82 Å². The molecule has 2 aromatic rings. The van der Waals surface area contributed by atoms with Crippen LogP contribution in [0.5, 0.6) is 0 Å². The number of benzene rings is 1. The molecule has 2 rings (SSSR count). The molecule has 1 heterocycles. The van der Waals surface area contributed by atoms with E-state index in [1.54, 1.807) is 24.3 Å². The first-order valence-corrected chi connectivity index (χ1v) is 5.70. The average Bonchev–Trinajstić information content (AvgIpc) is 2.45. The van der Waals surface area contributed by atoms with Crippen LogP contribution in [0.2, 0.25) is 0 Å². The van der Waals surface area contributed by atoms with Gasteiger partial charge in [-0.05, 0) is 5.56 Å². The van der Waals surface area contributed by atoms with Crippen LogP contribution in [0, 0.1) is 25.4 Å². The van der Waals surface area contributed by atoms with Crippen LogP contribution in [0.4, 0.5) is 17.3 Å². The molecule has 21 heavy (non-hydrogen) atoms. The first-order valence-electron chi connectivity index (χ1n) is 5.70. The Morgan fingerprint density at radius 1 is 1.14 bits per heavy atom. The summed E-state index contributed by atoms with van der Waals surface area (Å²) in [5, 5.41) is 38.8. The average molecular weight is 291 g/mol. The first-order chi connectivity index (χ1) is 9.99. The monoisotopic (exact) mass is 291 g/mol. The minimum Gasteiger partial charge on any atom is -0.589 e. The van der Waals surface area contributed by atoms with Crippen LogP contribution in [0.15, 0.2) is 36.4 Å².